The summed E-state index contributed by atoms with van der Waals surface area (Å²) < 4.78 is 6.04. The van der Waals surface area contributed by atoms with Gasteiger partial charge >= 0.3 is 0 Å². The van der Waals surface area contributed by atoms with E-state index < -0.39 is 0 Å². The minimum absolute atomic E-state index is 0.879. The molecular weight excluding hydrogens is 248 g/mol. The monoisotopic (exact) mass is 258 g/mol. The second kappa shape index (κ2) is 5.19. The van der Waals surface area contributed by atoms with E-state index in [1.807, 2.05) is 23.9 Å². The Balaban J connectivity index is 2.28. The van der Waals surface area contributed by atoms with E-state index in [2.05, 4.69) is 12.1 Å². The van der Waals surface area contributed by atoms with E-state index in [0.717, 1.165) is 21.6 Å². The van der Waals surface area contributed by atoms with E-state index in [9.17, 15) is 0 Å². The van der Waals surface area contributed by atoms with E-state index in [0.29, 0.717) is 0 Å². The average Bonchev–Trinajstić information content (AvgIpc) is 2.30. The predicted molar refractivity (Wildman–Crippen MR) is 70.7 cm³/mol. The first-order chi connectivity index (χ1) is 7.31. The molecule has 1 aliphatic heterocycles. The quantitative estimate of drug-likeness (QED) is 0.792. The lowest BCUT2D eigenvalue weighted by Gasteiger charge is -2.15. The number of hydrogen-bond acceptors (Lipinski definition) is 3. The Morgan fingerprint density at radius 3 is 2.40 bits per heavy atom. The first-order valence-electron chi connectivity index (χ1n) is 4.61. The fourth-order valence-corrected chi connectivity index (χ4v) is 3.91. The molecule has 0 atom stereocenters. The molecule has 1 aromatic carbocycles. The smallest absolute Gasteiger partial charge is 0.118 e. The van der Waals surface area contributed by atoms with Crippen molar-refractivity contribution in [3.05, 3.63) is 34.2 Å². The Hall–Kier alpha value is -0.250. The van der Waals surface area contributed by atoms with Crippen LogP contribution in [0.5, 0.6) is 5.75 Å². The zero-order valence-electron chi connectivity index (χ0n) is 8.33. The third-order valence-electron chi connectivity index (χ3n) is 2.09. The Morgan fingerprint density at radius 2 is 1.80 bits per heavy atom. The number of hydrogen-bond donors (Lipinski definition) is 0. The molecule has 0 aliphatic carbocycles. The van der Waals surface area contributed by atoms with Crippen LogP contribution in [0.25, 0.3) is 4.91 Å². The van der Waals surface area contributed by atoms with Gasteiger partial charge in [0.1, 0.15) is 5.75 Å². The van der Waals surface area contributed by atoms with Crippen molar-refractivity contribution in [1.82, 2.24) is 0 Å². The Bertz CT molecular complexity index is 373. The average molecular weight is 259 g/mol. The summed E-state index contributed by atoms with van der Waals surface area (Å²) in [5, 5.41) is 0. The molecule has 1 nitrogen and oxygen atoms in total. The molecule has 1 aliphatic rings. The molecule has 0 radical (unpaired) electrons. The molecular formula is C11H11ClOS2. The molecule has 0 spiro atoms. The molecule has 0 saturated carbocycles. The third-order valence-corrected chi connectivity index (χ3v) is 5.11. The maximum absolute atomic E-state index is 6.18. The van der Waals surface area contributed by atoms with E-state index in [1.165, 1.54) is 10.5 Å². The molecule has 15 heavy (non-hydrogen) atoms. The molecule has 0 saturated heterocycles. The topological polar surface area (TPSA) is 9.23 Å². The van der Waals surface area contributed by atoms with Gasteiger partial charge in [0.15, 0.2) is 0 Å². The summed E-state index contributed by atoms with van der Waals surface area (Å²) in [5.74, 6) is 3.11. The van der Waals surface area contributed by atoms with Gasteiger partial charge in [0, 0.05) is 16.4 Å². The van der Waals surface area contributed by atoms with Gasteiger partial charge in [-0.2, -0.15) is 0 Å². The van der Waals surface area contributed by atoms with Crippen molar-refractivity contribution in [1.29, 1.82) is 0 Å². The summed E-state index contributed by atoms with van der Waals surface area (Å²) >= 11 is 9.73. The van der Waals surface area contributed by atoms with Crippen LogP contribution in [0.4, 0.5) is 0 Å². The largest absolute Gasteiger partial charge is 0.497 e. The number of methoxy groups -OCH3 is 1. The van der Waals surface area contributed by atoms with Crippen molar-refractivity contribution in [3.8, 4) is 5.75 Å². The summed E-state index contributed by atoms with van der Waals surface area (Å²) in [6.45, 7) is 0. The molecule has 0 bridgehead atoms. The van der Waals surface area contributed by atoms with Crippen LogP contribution >= 0.6 is 35.1 Å². The number of thioether (sulfide) groups is 2. The van der Waals surface area contributed by atoms with E-state index >= 15 is 0 Å². The van der Waals surface area contributed by atoms with Crippen LogP contribution < -0.4 is 4.74 Å². The molecule has 2 rings (SSSR count). The predicted octanol–water partition coefficient (Wildman–Crippen LogP) is 4.04. The highest BCUT2D eigenvalue weighted by molar-refractivity contribution is 8.14. The highest BCUT2D eigenvalue weighted by Crippen LogP contribution is 2.42. The third kappa shape index (κ3) is 2.65. The lowest BCUT2D eigenvalue weighted by Crippen LogP contribution is -1.94. The van der Waals surface area contributed by atoms with Gasteiger partial charge in [-0.1, -0.05) is 23.7 Å². The van der Waals surface area contributed by atoms with Gasteiger partial charge in [-0.3, -0.25) is 0 Å². The zero-order chi connectivity index (χ0) is 10.7. The summed E-state index contributed by atoms with van der Waals surface area (Å²) in [6.07, 6.45) is 0. The van der Waals surface area contributed by atoms with Crippen LogP contribution in [0.15, 0.2) is 28.6 Å². The van der Waals surface area contributed by atoms with E-state index in [4.69, 9.17) is 16.3 Å². The molecule has 0 aromatic heterocycles. The fourth-order valence-electron chi connectivity index (χ4n) is 1.34. The minimum atomic E-state index is 0.879. The van der Waals surface area contributed by atoms with Gasteiger partial charge in [0.25, 0.3) is 0 Å². The second-order valence-corrected chi connectivity index (χ2v) is 5.84. The Labute approximate surface area is 103 Å². The van der Waals surface area contributed by atoms with Crippen molar-refractivity contribution in [2.75, 3.05) is 18.6 Å². The highest BCUT2D eigenvalue weighted by Gasteiger charge is 2.13. The van der Waals surface area contributed by atoms with Gasteiger partial charge in [-0.05, 0) is 17.7 Å². The summed E-state index contributed by atoms with van der Waals surface area (Å²) in [7, 11) is 1.67. The molecule has 1 aromatic rings. The van der Waals surface area contributed by atoms with Crippen LogP contribution in [-0.2, 0) is 0 Å². The van der Waals surface area contributed by atoms with Crippen LogP contribution in [-0.4, -0.2) is 18.6 Å². The van der Waals surface area contributed by atoms with Crippen LogP contribution in [0.2, 0.25) is 0 Å². The van der Waals surface area contributed by atoms with Crippen LogP contribution in [0.3, 0.4) is 0 Å². The first-order valence-corrected chi connectivity index (χ1v) is 6.96. The minimum Gasteiger partial charge on any atom is -0.497 e. The maximum Gasteiger partial charge on any atom is 0.118 e. The molecule has 0 unspecified atom stereocenters. The maximum atomic E-state index is 6.18. The first kappa shape index (κ1) is 11.2. The summed E-state index contributed by atoms with van der Waals surface area (Å²) in [5.41, 5.74) is 1.18. The van der Waals surface area contributed by atoms with Crippen LogP contribution in [0, 0.1) is 0 Å². The zero-order valence-corrected chi connectivity index (χ0v) is 10.7. The number of halogens is 1. The van der Waals surface area contributed by atoms with Gasteiger partial charge in [0.2, 0.25) is 0 Å². The summed E-state index contributed by atoms with van der Waals surface area (Å²) in [4.78, 5) is 1.19. The lowest BCUT2D eigenvalue weighted by atomic mass is 10.2. The number of benzene rings is 1. The number of rotatable bonds is 2. The van der Waals surface area contributed by atoms with Crippen molar-refractivity contribution < 1.29 is 4.74 Å². The van der Waals surface area contributed by atoms with E-state index in [1.54, 1.807) is 18.9 Å². The standard InChI is InChI=1S/C11H11ClOS2/c1-13-9-4-2-8(3-5-9)10-11(12)15-7-6-14-10/h2-5H,6-7H2,1H3. The summed E-state index contributed by atoms with van der Waals surface area (Å²) in [6, 6.07) is 8.03. The molecule has 0 fully saturated rings. The van der Waals surface area contributed by atoms with E-state index in [-0.39, 0.29) is 0 Å². The Morgan fingerprint density at radius 1 is 1.13 bits per heavy atom. The SMILES string of the molecule is COc1ccc(C2=C(Cl)SCCS2)cc1. The Kier molecular flexibility index (Phi) is 3.89. The van der Waals surface area contributed by atoms with Crippen LogP contribution in [0.1, 0.15) is 5.56 Å². The fraction of sp³-hybridized carbons (Fsp3) is 0.273. The lowest BCUT2D eigenvalue weighted by molar-refractivity contribution is 0.415. The van der Waals surface area contributed by atoms with Crippen molar-refractivity contribution in [2.24, 2.45) is 0 Å². The van der Waals surface area contributed by atoms with Gasteiger partial charge in [-0.15, -0.1) is 23.5 Å². The molecule has 0 amide bonds. The highest BCUT2D eigenvalue weighted by atomic mass is 35.5. The van der Waals surface area contributed by atoms with Crippen molar-refractivity contribution in [2.45, 2.75) is 0 Å². The van der Waals surface area contributed by atoms with Crippen molar-refractivity contribution in [3.63, 3.8) is 0 Å². The number of ether oxygens (including phenoxy) is 1. The molecule has 4 heteroatoms. The normalized spacial score (nSPS) is 16.7. The van der Waals surface area contributed by atoms with Gasteiger partial charge < -0.3 is 4.74 Å². The molecule has 1 heterocycles. The van der Waals surface area contributed by atoms with Gasteiger partial charge in [-0.25, -0.2) is 0 Å². The van der Waals surface area contributed by atoms with Gasteiger partial charge in [0.05, 0.1) is 11.5 Å². The molecule has 0 N–H and O–H groups in total. The molecule has 80 valence electrons. The van der Waals surface area contributed by atoms with Crippen molar-refractivity contribution >= 4 is 40.0 Å². The second-order valence-electron chi connectivity index (χ2n) is 3.03.